The van der Waals surface area contributed by atoms with Gasteiger partial charge >= 0.3 is 7.60 Å². The lowest BCUT2D eigenvalue weighted by atomic mass is 10.2. The van der Waals surface area contributed by atoms with Crippen LogP contribution in [-0.4, -0.2) is 10.00 Å². The molecule has 0 aliphatic carbocycles. The van der Waals surface area contributed by atoms with Crippen molar-refractivity contribution < 1.29 is 17.4 Å². The Hall–Kier alpha value is -0.100. The molecule has 0 saturated heterocycles. The zero-order valence-electron chi connectivity index (χ0n) is 6.55. The molecule has 1 rings (SSSR count). The third-order valence-corrected chi connectivity index (χ3v) is 4.25. The molecular formula is C7H8IO4P. The summed E-state index contributed by atoms with van der Waals surface area (Å²) in [6, 6.07) is 6.08. The van der Waals surface area contributed by atoms with Gasteiger partial charge in [-0.2, -0.15) is 0 Å². The maximum Gasteiger partial charge on any atom is 0.341 e. The highest BCUT2D eigenvalue weighted by atomic mass is 127. The average molecular weight is 314 g/mol. The minimum absolute atomic E-state index is 0.0454. The van der Waals surface area contributed by atoms with E-state index in [4.69, 9.17) is 10.00 Å². The molecule has 0 aliphatic heterocycles. The van der Waals surface area contributed by atoms with Gasteiger partial charge in [0.2, 0.25) is 0 Å². The van der Waals surface area contributed by atoms with Gasteiger partial charge in [-0.3, -0.25) is 4.57 Å². The summed E-state index contributed by atoms with van der Waals surface area (Å²) in [4.78, 5) is 9.11. The maximum atomic E-state index is 11.1. The van der Waals surface area contributed by atoms with Crippen LogP contribution in [0.5, 0.6) is 5.75 Å². The van der Waals surface area contributed by atoms with Crippen LogP contribution in [0, 0.1) is 0 Å². The highest BCUT2D eigenvalue weighted by Crippen LogP contribution is 2.47. The molecule has 1 unspecified atom stereocenters. The van der Waals surface area contributed by atoms with Gasteiger partial charge in [0.1, 0.15) is 28.8 Å². The number of aromatic hydroxyl groups is 1. The lowest BCUT2D eigenvalue weighted by molar-refractivity contribution is 0.414. The molecule has 72 valence electrons. The van der Waals surface area contributed by atoms with Crippen LogP contribution in [0.3, 0.4) is 0 Å². The van der Waals surface area contributed by atoms with Gasteiger partial charge in [-0.05, 0) is 17.7 Å². The number of phenols is 1. The molecule has 2 N–H and O–H groups in total. The summed E-state index contributed by atoms with van der Waals surface area (Å²) in [5.41, 5.74) is 0.653. The first-order valence-corrected chi connectivity index (χ1v) is 6.08. The van der Waals surface area contributed by atoms with Gasteiger partial charge in [-0.1, -0.05) is 12.1 Å². The van der Waals surface area contributed by atoms with Crippen LogP contribution < -0.4 is 0 Å². The summed E-state index contributed by atoms with van der Waals surface area (Å²) in [6.45, 7) is 0. The largest absolute Gasteiger partial charge is 0.508 e. The molecule has 0 aliphatic rings. The normalized spacial score (nSPS) is 15.2. The predicted molar refractivity (Wildman–Crippen MR) is 56.7 cm³/mol. The van der Waals surface area contributed by atoms with E-state index < -0.39 is 7.60 Å². The fourth-order valence-corrected chi connectivity index (χ4v) is 2.00. The van der Waals surface area contributed by atoms with Crippen LogP contribution in [0.1, 0.15) is 5.56 Å². The summed E-state index contributed by atoms with van der Waals surface area (Å²) in [6.07, 6.45) is -0.0454. The first-order valence-electron chi connectivity index (χ1n) is 3.43. The number of phenolic OH excluding ortho intramolecular Hbond substituents is 1. The second kappa shape index (κ2) is 4.41. The lowest BCUT2D eigenvalue weighted by Crippen LogP contribution is -1.86. The SMILES string of the molecule is O=P(O)(Cc1ccc(O)cc1)OI. The predicted octanol–water partition coefficient (Wildman–Crippen LogP) is 2.44. The maximum absolute atomic E-state index is 11.1. The molecule has 0 heterocycles. The van der Waals surface area contributed by atoms with Crippen molar-refractivity contribution >= 4 is 30.6 Å². The standard InChI is InChI=1S/C7H8IO4P/c8-12-13(10,11)5-6-1-3-7(9)4-2-6/h1-4,9H,5H2,(H,10,11). The second-order valence-corrected chi connectivity index (χ2v) is 5.44. The van der Waals surface area contributed by atoms with Crippen molar-refractivity contribution in [2.75, 3.05) is 0 Å². The molecule has 0 fully saturated rings. The Morgan fingerprint density at radius 1 is 1.38 bits per heavy atom. The van der Waals surface area contributed by atoms with E-state index >= 15 is 0 Å². The average Bonchev–Trinajstić information content (AvgIpc) is 2.09. The number of hydrogen-bond donors (Lipinski definition) is 2. The fourth-order valence-electron chi connectivity index (χ4n) is 0.856. The zero-order valence-corrected chi connectivity index (χ0v) is 9.60. The molecular weight excluding hydrogens is 306 g/mol. The zero-order chi connectivity index (χ0) is 9.90. The van der Waals surface area contributed by atoms with Gasteiger partial charge < -0.3 is 10.00 Å². The topological polar surface area (TPSA) is 66.8 Å². The monoisotopic (exact) mass is 314 g/mol. The van der Waals surface area contributed by atoms with Crippen molar-refractivity contribution in [3.8, 4) is 5.75 Å². The number of benzene rings is 1. The van der Waals surface area contributed by atoms with E-state index in [1.165, 1.54) is 35.1 Å². The molecule has 1 aromatic carbocycles. The van der Waals surface area contributed by atoms with Crippen molar-refractivity contribution in [2.45, 2.75) is 6.16 Å². The Morgan fingerprint density at radius 3 is 2.38 bits per heavy atom. The summed E-state index contributed by atoms with van der Waals surface area (Å²) in [7, 11) is -3.51. The van der Waals surface area contributed by atoms with Crippen molar-refractivity contribution in [1.29, 1.82) is 0 Å². The lowest BCUT2D eigenvalue weighted by Gasteiger charge is -2.06. The molecule has 0 saturated carbocycles. The molecule has 6 heteroatoms. The van der Waals surface area contributed by atoms with E-state index in [0.29, 0.717) is 5.56 Å². The molecule has 13 heavy (non-hydrogen) atoms. The van der Waals surface area contributed by atoms with Gasteiger partial charge in [-0.25, -0.2) is 2.85 Å². The molecule has 0 bridgehead atoms. The second-order valence-electron chi connectivity index (χ2n) is 2.53. The Balaban J connectivity index is 2.75. The number of rotatable bonds is 3. The van der Waals surface area contributed by atoms with E-state index in [1.54, 1.807) is 12.1 Å². The number of hydrogen-bond acceptors (Lipinski definition) is 3. The molecule has 0 spiro atoms. The summed E-state index contributed by atoms with van der Waals surface area (Å²) >= 11 is 1.40. The van der Waals surface area contributed by atoms with E-state index in [0.717, 1.165) is 0 Å². The molecule has 0 amide bonds. The van der Waals surface area contributed by atoms with E-state index in [2.05, 4.69) is 2.85 Å². The highest BCUT2D eigenvalue weighted by Gasteiger charge is 2.18. The minimum Gasteiger partial charge on any atom is -0.508 e. The smallest absolute Gasteiger partial charge is 0.341 e. The van der Waals surface area contributed by atoms with Gasteiger partial charge in [0.05, 0.1) is 6.16 Å². The Kier molecular flexibility index (Phi) is 3.73. The van der Waals surface area contributed by atoms with Crippen molar-refractivity contribution in [2.24, 2.45) is 0 Å². The molecule has 0 radical (unpaired) electrons. The van der Waals surface area contributed by atoms with E-state index in [9.17, 15) is 4.57 Å². The highest BCUT2D eigenvalue weighted by molar-refractivity contribution is 14.1. The molecule has 4 nitrogen and oxygen atoms in total. The Bertz CT molecular complexity index is 324. The summed E-state index contributed by atoms with van der Waals surface area (Å²) in [5, 5.41) is 8.95. The van der Waals surface area contributed by atoms with Crippen LogP contribution in [0.4, 0.5) is 0 Å². The third-order valence-electron chi connectivity index (χ3n) is 1.43. The minimum atomic E-state index is -3.51. The van der Waals surface area contributed by atoms with Gasteiger partial charge in [-0.15, -0.1) is 0 Å². The molecule has 0 aromatic heterocycles. The molecule has 1 aromatic rings. The van der Waals surface area contributed by atoms with E-state index in [1.807, 2.05) is 0 Å². The first kappa shape index (κ1) is 11.0. The quantitative estimate of drug-likeness (QED) is 0.664. The van der Waals surface area contributed by atoms with Crippen LogP contribution in [0.2, 0.25) is 0 Å². The fraction of sp³-hybridized carbons (Fsp3) is 0.143. The van der Waals surface area contributed by atoms with Crippen molar-refractivity contribution in [3.05, 3.63) is 29.8 Å². The summed E-state index contributed by atoms with van der Waals surface area (Å²) < 4.78 is 15.5. The van der Waals surface area contributed by atoms with Gasteiger partial charge in [0.15, 0.2) is 0 Å². The first-order chi connectivity index (χ1) is 6.03. The summed E-state index contributed by atoms with van der Waals surface area (Å²) in [5.74, 6) is 0.131. The Morgan fingerprint density at radius 2 is 1.92 bits per heavy atom. The van der Waals surface area contributed by atoms with Crippen LogP contribution in [0.25, 0.3) is 0 Å². The van der Waals surface area contributed by atoms with Gasteiger partial charge in [0.25, 0.3) is 0 Å². The van der Waals surface area contributed by atoms with Crippen LogP contribution in [-0.2, 0) is 13.6 Å². The van der Waals surface area contributed by atoms with Crippen LogP contribution in [0.15, 0.2) is 24.3 Å². The van der Waals surface area contributed by atoms with E-state index in [-0.39, 0.29) is 11.9 Å². The Labute approximate surface area is 89.8 Å². The third kappa shape index (κ3) is 3.64. The molecule has 1 atom stereocenters. The van der Waals surface area contributed by atoms with Gasteiger partial charge in [0, 0.05) is 0 Å². The van der Waals surface area contributed by atoms with Crippen molar-refractivity contribution in [3.63, 3.8) is 0 Å². The van der Waals surface area contributed by atoms with Crippen LogP contribution >= 0.6 is 30.6 Å². The number of halogens is 1. The van der Waals surface area contributed by atoms with Crippen molar-refractivity contribution in [1.82, 2.24) is 0 Å².